The quantitative estimate of drug-likeness (QED) is 0.280. The van der Waals surface area contributed by atoms with Crippen LogP contribution in [0.4, 0.5) is 0 Å². The van der Waals surface area contributed by atoms with Crippen LogP contribution in [-0.4, -0.2) is 38.8 Å². The maximum atomic E-state index is 5.64. The highest BCUT2D eigenvalue weighted by atomic mass is 127. The number of aryl methyl sites for hydroxylation is 1. The second-order valence-electron chi connectivity index (χ2n) is 6.68. The molecule has 0 aliphatic carbocycles. The predicted octanol–water partition coefficient (Wildman–Crippen LogP) is 4.02. The van der Waals surface area contributed by atoms with E-state index in [1.54, 1.807) is 0 Å². The van der Waals surface area contributed by atoms with Crippen LogP contribution in [0.25, 0.3) is 0 Å². The lowest BCUT2D eigenvalue weighted by atomic mass is 9.72. The Hall–Kier alpha value is -0.820. The molecule has 0 spiro atoms. The van der Waals surface area contributed by atoms with E-state index in [2.05, 4.69) is 55.7 Å². The minimum absolute atomic E-state index is 0. The van der Waals surface area contributed by atoms with E-state index in [9.17, 15) is 0 Å². The van der Waals surface area contributed by atoms with Crippen molar-refractivity contribution in [2.75, 3.05) is 32.8 Å². The zero-order valence-electron chi connectivity index (χ0n) is 15.9. The minimum Gasteiger partial charge on any atom is -0.381 e. The lowest BCUT2D eigenvalue weighted by molar-refractivity contribution is 0.0529. The van der Waals surface area contributed by atoms with Gasteiger partial charge in [-0.15, -0.1) is 24.0 Å². The number of rotatable bonds is 7. The van der Waals surface area contributed by atoms with Crippen LogP contribution in [0.2, 0.25) is 0 Å². The first-order chi connectivity index (χ1) is 11.7. The first-order valence-corrected chi connectivity index (χ1v) is 9.38. The number of benzene rings is 1. The number of hydrogen-bond donors (Lipinski definition) is 2. The maximum absolute atomic E-state index is 5.64. The average Bonchev–Trinajstić information content (AvgIpc) is 2.61. The molecule has 4 nitrogen and oxygen atoms in total. The topological polar surface area (TPSA) is 45.7 Å². The summed E-state index contributed by atoms with van der Waals surface area (Å²) in [6.07, 6.45) is 4.43. The summed E-state index contributed by atoms with van der Waals surface area (Å²) in [6, 6.07) is 8.74. The van der Waals surface area contributed by atoms with Gasteiger partial charge in [-0.05, 0) is 44.2 Å². The Morgan fingerprint density at radius 1 is 1.16 bits per heavy atom. The van der Waals surface area contributed by atoms with Crippen molar-refractivity contribution in [1.82, 2.24) is 10.6 Å². The van der Waals surface area contributed by atoms with Crippen LogP contribution < -0.4 is 10.6 Å². The Balaban J connectivity index is 0.00000312. The van der Waals surface area contributed by atoms with Gasteiger partial charge in [0.25, 0.3) is 0 Å². The SMILES string of the molecule is CCCCNC(=NCC1(c2ccccc2C)CCOCC1)NCC.I. The van der Waals surface area contributed by atoms with Crippen LogP contribution in [0.5, 0.6) is 0 Å². The molecule has 1 heterocycles. The van der Waals surface area contributed by atoms with E-state index in [-0.39, 0.29) is 29.4 Å². The van der Waals surface area contributed by atoms with Crippen molar-refractivity contribution in [1.29, 1.82) is 0 Å². The molecule has 0 atom stereocenters. The molecular formula is C20H34IN3O. The Bertz CT molecular complexity index is 527. The summed E-state index contributed by atoms with van der Waals surface area (Å²) in [6.45, 7) is 10.8. The number of nitrogens with one attached hydrogen (secondary N) is 2. The number of unbranched alkanes of at least 4 members (excludes halogenated alkanes) is 1. The van der Waals surface area contributed by atoms with Gasteiger partial charge >= 0.3 is 0 Å². The van der Waals surface area contributed by atoms with E-state index in [1.165, 1.54) is 24.0 Å². The first-order valence-electron chi connectivity index (χ1n) is 9.38. The van der Waals surface area contributed by atoms with Gasteiger partial charge in [-0.1, -0.05) is 37.6 Å². The minimum atomic E-state index is 0. The van der Waals surface area contributed by atoms with Gasteiger partial charge in [0.1, 0.15) is 0 Å². The molecule has 2 N–H and O–H groups in total. The van der Waals surface area contributed by atoms with Crippen LogP contribution in [0.15, 0.2) is 29.3 Å². The third-order valence-electron chi connectivity index (χ3n) is 4.87. The number of nitrogens with zero attached hydrogens (tertiary/aromatic N) is 1. The monoisotopic (exact) mass is 459 g/mol. The third kappa shape index (κ3) is 6.44. The zero-order valence-corrected chi connectivity index (χ0v) is 18.3. The second-order valence-corrected chi connectivity index (χ2v) is 6.68. The standard InChI is InChI=1S/C20H33N3O.HI/c1-4-6-13-22-19(21-5-2)23-16-20(11-14-24-15-12-20)18-10-8-7-9-17(18)3;/h7-10H,4-6,11-16H2,1-3H3,(H2,21,22,23);1H. The molecule has 1 saturated heterocycles. The summed E-state index contributed by atoms with van der Waals surface area (Å²) in [5, 5.41) is 6.82. The molecular weight excluding hydrogens is 425 g/mol. The molecule has 25 heavy (non-hydrogen) atoms. The largest absolute Gasteiger partial charge is 0.381 e. The van der Waals surface area contributed by atoms with Gasteiger partial charge in [0.15, 0.2) is 5.96 Å². The fourth-order valence-electron chi connectivity index (χ4n) is 3.40. The normalized spacial score (nSPS) is 16.8. The maximum Gasteiger partial charge on any atom is 0.191 e. The second kappa shape index (κ2) is 11.7. The highest BCUT2D eigenvalue weighted by Gasteiger charge is 2.35. The highest BCUT2D eigenvalue weighted by Crippen LogP contribution is 2.36. The summed E-state index contributed by atoms with van der Waals surface area (Å²) in [5.74, 6) is 0.936. The Kier molecular flexibility index (Phi) is 10.4. The van der Waals surface area contributed by atoms with Crippen LogP contribution >= 0.6 is 24.0 Å². The number of guanidine groups is 1. The summed E-state index contributed by atoms with van der Waals surface area (Å²) in [5.41, 5.74) is 2.89. The van der Waals surface area contributed by atoms with Gasteiger partial charge in [0, 0.05) is 31.7 Å². The van der Waals surface area contributed by atoms with Crippen molar-refractivity contribution < 1.29 is 4.74 Å². The van der Waals surface area contributed by atoms with E-state index in [0.717, 1.165) is 51.6 Å². The Labute approximate surface area is 170 Å². The fourth-order valence-corrected chi connectivity index (χ4v) is 3.40. The van der Waals surface area contributed by atoms with E-state index >= 15 is 0 Å². The Morgan fingerprint density at radius 2 is 1.88 bits per heavy atom. The molecule has 1 aliphatic rings. The number of halogens is 1. The van der Waals surface area contributed by atoms with Crippen LogP contribution in [0.1, 0.15) is 50.7 Å². The summed E-state index contributed by atoms with van der Waals surface area (Å²) in [4.78, 5) is 4.94. The smallest absolute Gasteiger partial charge is 0.191 e. The van der Waals surface area contributed by atoms with Gasteiger partial charge in [-0.2, -0.15) is 0 Å². The summed E-state index contributed by atoms with van der Waals surface area (Å²) in [7, 11) is 0. The molecule has 0 aromatic heterocycles. The van der Waals surface area contributed by atoms with Crippen molar-refractivity contribution in [3.63, 3.8) is 0 Å². The van der Waals surface area contributed by atoms with Gasteiger partial charge in [-0.3, -0.25) is 4.99 Å². The van der Waals surface area contributed by atoms with E-state index in [4.69, 9.17) is 9.73 Å². The average molecular weight is 459 g/mol. The molecule has 2 rings (SSSR count). The van der Waals surface area contributed by atoms with Crippen molar-refractivity contribution in [2.45, 2.75) is 51.9 Å². The third-order valence-corrected chi connectivity index (χ3v) is 4.87. The van der Waals surface area contributed by atoms with E-state index < -0.39 is 0 Å². The number of aliphatic imine (C=N–C) groups is 1. The predicted molar refractivity (Wildman–Crippen MR) is 117 cm³/mol. The molecule has 1 aromatic rings. The highest BCUT2D eigenvalue weighted by molar-refractivity contribution is 14.0. The van der Waals surface area contributed by atoms with Gasteiger partial charge in [0.05, 0.1) is 6.54 Å². The Morgan fingerprint density at radius 3 is 2.52 bits per heavy atom. The molecule has 5 heteroatoms. The van der Waals surface area contributed by atoms with Crippen molar-refractivity contribution >= 4 is 29.9 Å². The molecule has 0 unspecified atom stereocenters. The van der Waals surface area contributed by atoms with Crippen molar-refractivity contribution in [3.05, 3.63) is 35.4 Å². The van der Waals surface area contributed by atoms with Gasteiger partial charge in [-0.25, -0.2) is 0 Å². The zero-order chi connectivity index (χ0) is 17.3. The summed E-state index contributed by atoms with van der Waals surface area (Å²) >= 11 is 0. The van der Waals surface area contributed by atoms with E-state index in [0.29, 0.717) is 0 Å². The van der Waals surface area contributed by atoms with Crippen molar-refractivity contribution in [2.24, 2.45) is 4.99 Å². The van der Waals surface area contributed by atoms with E-state index in [1.807, 2.05) is 0 Å². The number of ether oxygens (including phenoxy) is 1. The van der Waals surface area contributed by atoms with Crippen molar-refractivity contribution in [3.8, 4) is 0 Å². The van der Waals surface area contributed by atoms with Crippen LogP contribution in [0, 0.1) is 6.92 Å². The lowest BCUT2D eigenvalue weighted by Gasteiger charge is -2.37. The van der Waals surface area contributed by atoms with Crippen LogP contribution in [0.3, 0.4) is 0 Å². The molecule has 0 bridgehead atoms. The van der Waals surface area contributed by atoms with Gasteiger partial charge in [0.2, 0.25) is 0 Å². The fraction of sp³-hybridized carbons (Fsp3) is 0.650. The molecule has 1 aliphatic heterocycles. The van der Waals surface area contributed by atoms with Gasteiger partial charge < -0.3 is 15.4 Å². The molecule has 1 aromatic carbocycles. The molecule has 0 saturated carbocycles. The first kappa shape index (κ1) is 22.2. The molecule has 142 valence electrons. The summed E-state index contributed by atoms with van der Waals surface area (Å²) < 4.78 is 5.64. The molecule has 0 amide bonds. The number of hydrogen-bond acceptors (Lipinski definition) is 2. The molecule has 0 radical (unpaired) electrons. The van der Waals surface area contributed by atoms with Crippen LogP contribution in [-0.2, 0) is 10.2 Å². The molecule has 1 fully saturated rings. The lowest BCUT2D eigenvalue weighted by Crippen LogP contribution is -2.41.